The summed E-state index contributed by atoms with van der Waals surface area (Å²) in [6.45, 7) is 3.92. The monoisotopic (exact) mass is 454 g/mol. The lowest BCUT2D eigenvalue weighted by Gasteiger charge is -2.07. The zero-order chi connectivity index (χ0) is 23.2. The third-order valence-corrected chi connectivity index (χ3v) is 5.71. The molecule has 0 atom stereocenters. The van der Waals surface area contributed by atoms with E-state index in [1.54, 1.807) is 6.07 Å². The number of nitrogens with one attached hydrogen (secondary N) is 2. The predicted molar refractivity (Wildman–Crippen MR) is 136 cm³/mol. The van der Waals surface area contributed by atoms with Crippen molar-refractivity contribution in [3.63, 3.8) is 0 Å². The number of nitrogens with two attached hydrogens (primary N) is 1. The van der Waals surface area contributed by atoms with Crippen molar-refractivity contribution in [2.75, 3.05) is 22.9 Å². The normalized spacial score (nSPS) is 10.3. The first-order valence-corrected chi connectivity index (χ1v) is 11.0. The summed E-state index contributed by atoms with van der Waals surface area (Å²) >= 11 is 1.33. The molecule has 0 saturated carbocycles. The van der Waals surface area contributed by atoms with Gasteiger partial charge in [-0.05, 0) is 60.0 Å². The number of fused-ring (bicyclic) bond motifs is 1. The third-order valence-electron chi connectivity index (χ3n) is 4.87. The number of aromatic hydroxyl groups is 1. The highest BCUT2D eigenvalue weighted by Crippen LogP contribution is 2.31. The number of hydrogen-bond donors (Lipinski definition) is 4. The van der Waals surface area contributed by atoms with Gasteiger partial charge in [-0.25, -0.2) is 4.98 Å². The molecule has 1 aromatic heterocycles. The molecule has 0 unspecified atom stereocenters. The van der Waals surface area contributed by atoms with E-state index in [4.69, 9.17) is 5.73 Å². The Morgan fingerprint density at radius 1 is 1.09 bits per heavy atom. The molecule has 0 aliphatic heterocycles. The second-order valence-corrected chi connectivity index (χ2v) is 8.38. The van der Waals surface area contributed by atoms with Crippen LogP contribution in [0.4, 0.5) is 16.5 Å². The fourth-order valence-corrected chi connectivity index (χ4v) is 4.06. The highest BCUT2D eigenvalue weighted by molar-refractivity contribution is 7.22. The minimum atomic E-state index is -0.222. The van der Waals surface area contributed by atoms with Gasteiger partial charge < -0.3 is 21.5 Å². The van der Waals surface area contributed by atoms with Crippen LogP contribution in [-0.4, -0.2) is 22.5 Å². The lowest BCUT2D eigenvalue weighted by molar-refractivity contribution is -0.111. The Kier molecular flexibility index (Phi) is 6.58. The van der Waals surface area contributed by atoms with Crippen molar-refractivity contribution in [3.8, 4) is 17.6 Å². The van der Waals surface area contributed by atoms with Crippen LogP contribution in [0.25, 0.3) is 10.2 Å². The Morgan fingerprint density at radius 2 is 1.76 bits per heavy atom. The summed E-state index contributed by atoms with van der Waals surface area (Å²) in [6, 6.07) is 19.4. The number of thiazole rings is 1. The average Bonchev–Trinajstić information content (AvgIpc) is 3.20. The Hall–Kier alpha value is -4.28. The number of carbonyl (C=O) groups excluding carboxylic acids is 1. The molecule has 0 saturated heterocycles. The zero-order valence-corrected chi connectivity index (χ0v) is 18.6. The number of anilines is 3. The number of rotatable bonds is 6. The highest BCUT2D eigenvalue weighted by Gasteiger charge is 2.07. The largest absolute Gasteiger partial charge is 0.506 e. The Morgan fingerprint density at radius 3 is 2.42 bits per heavy atom. The number of aromatic nitrogens is 1. The van der Waals surface area contributed by atoms with Crippen LogP contribution in [0.5, 0.6) is 5.75 Å². The first-order chi connectivity index (χ1) is 16.0. The predicted octanol–water partition coefficient (Wildman–Crippen LogP) is 4.76. The molecule has 1 heterocycles. The Balaban J connectivity index is 1.31. The Labute approximate surface area is 195 Å². The maximum atomic E-state index is 11.4. The first kappa shape index (κ1) is 21.9. The maximum absolute atomic E-state index is 11.4. The molecule has 1 amide bonds. The second kappa shape index (κ2) is 9.90. The van der Waals surface area contributed by atoms with Crippen LogP contribution in [-0.2, 0) is 11.2 Å². The van der Waals surface area contributed by atoms with Crippen molar-refractivity contribution in [1.29, 1.82) is 0 Å². The molecule has 33 heavy (non-hydrogen) atoms. The summed E-state index contributed by atoms with van der Waals surface area (Å²) in [5.74, 6) is 5.99. The lowest BCUT2D eigenvalue weighted by Crippen LogP contribution is -2.07. The molecule has 0 spiro atoms. The number of amides is 1. The van der Waals surface area contributed by atoms with E-state index in [9.17, 15) is 9.90 Å². The molecule has 6 nitrogen and oxygen atoms in total. The third kappa shape index (κ3) is 5.70. The van der Waals surface area contributed by atoms with E-state index in [0.29, 0.717) is 17.2 Å². The zero-order valence-electron chi connectivity index (χ0n) is 17.8. The van der Waals surface area contributed by atoms with E-state index in [-0.39, 0.29) is 11.7 Å². The van der Waals surface area contributed by atoms with Gasteiger partial charge in [0.05, 0.1) is 11.2 Å². The summed E-state index contributed by atoms with van der Waals surface area (Å²) in [5, 5.41) is 16.5. The number of hydrogen-bond acceptors (Lipinski definition) is 6. The van der Waals surface area contributed by atoms with E-state index >= 15 is 0 Å². The summed E-state index contributed by atoms with van der Waals surface area (Å²) in [7, 11) is 0. The SMILES string of the molecule is C=CC(=O)Nc1ccc(Cc2ccc(NCC#Cc3cc(O)c4nc(N)sc4c3)cc2)cc1. The van der Waals surface area contributed by atoms with Crippen molar-refractivity contribution in [3.05, 3.63) is 90.0 Å². The summed E-state index contributed by atoms with van der Waals surface area (Å²) < 4.78 is 0.816. The van der Waals surface area contributed by atoms with Gasteiger partial charge in [-0.3, -0.25) is 4.79 Å². The molecule has 3 aromatic carbocycles. The highest BCUT2D eigenvalue weighted by atomic mass is 32.1. The van der Waals surface area contributed by atoms with Crippen LogP contribution < -0.4 is 16.4 Å². The van der Waals surface area contributed by atoms with E-state index in [2.05, 4.69) is 46.2 Å². The number of nitrogen functional groups attached to an aromatic ring is 1. The molecule has 164 valence electrons. The van der Waals surface area contributed by atoms with Crippen LogP contribution in [0.15, 0.2) is 73.3 Å². The van der Waals surface area contributed by atoms with E-state index in [1.807, 2.05) is 42.5 Å². The summed E-state index contributed by atoms with van der Waals surface area (Å²) in [4.78, 5) is 15.5. The molecule has 0 fully saturated rings. The van der Waals surface area contributed by atoms with Gasteiger partial charge in [-0.15, -0.1) is 0 Å². The van der Waals surface area contributed by atoms with Crippen molar-refractivity contribution in [1.82, 2.24) is 4.98 Å². The molecule has 0 aliphatic carbocycles. The van der Waals surface area contributed by atoms with Gasteiger partial charge in [-0.1, -0.05) is 54.0 Å². The van der Waals surface area contributed by atoms with E-state index < -0.39 is 0 Å². The Bertz CT molecular complexity index is 1360. The smallest absolute Gasteiger partial charge is 0.247 e. The van der Waals surface area contributed by atoms with Crippen LogP contribution >= 0.6 is 11.3 Å². The van der Waals surface area contributed by atoms with Crippen molar-refractivity contribution < 1.29 is 9.90 Å². The average molecular weight is 455 g/mol. The molecular formula is C26H22N4O2S. The van der Waals surface area contributed by atoms with Crippen LogP contribution in [0.2, 0.25) is 0 Å². The van der Waals surface area contributed by atoms with Crippen molar-refractivity contribution in [2.45, 2.75) is 6.42 Å². The molecule has 5 N–H and O–H groups in total. The fourth-order valence-electron chi connectivity index (χ4n) is 3.27. The molecule has 4 rings (SSSR count). The number of benzene rings is 3. The molecule has 0 aliphatic rings. The van der Waals surface area contributed by atoms with Crippen molar-refractivity contribution in [2.24, 2.45) is 0 Å². The number of phenols is 1. The molecule has 4 aromatic rings. The minimum absolute atomic E-state index is 0.0875. The fraction of sp³-hybridized carbons (Fsp3) is 0.0769. The van der Waals surface area contributed by atoms with Crippen LogP contribution in [0.3, 0.4) is 0 Å². The number of phenolic OH excluding ortho intramolecular Hbond substituents is 1. The van der Waals surface area contributed by atoms with Gasteiger partial charge >= 0.3 is 0 Å². The summed E-state index contributed by atoms with van der Waals surface area (Å²) in [6.07, 6.45) is 2.04. The van der Waals surface area contributed by atoms with E-state index in [1.165, 1.54) is 23.0 Å². The maximum Gasteiger partial charge on any atom is 0.247 e. The number of nitrogens with zero attached hydrogens (tertiary/aromatic N) is 1. The van der Waals surface area contributed by atoms with Crippen LogP contribution in [0, 0.1) is 11.8 Å². The van der Waals surface area contributed by atoms with Crippen molar-refractivity contribution >= 4 is 44.0 Å². The molecule has 0 bridgehead atoms. The van der Waals surface area contributed by atoms with Gasteiger partial charge in [0.1, 0.15) is 11.3 Å². The molecule has 7 heteroatoms. The van der Waals surface area contributed by atoms with Gasteiger partial charge in [0.25, 0.3) is 0 Å². The quantitative estimate of drug-likeness (QED) is 0.249. The molecule has 0 radical (unpaired) electrons. The second-order valence-electron chi connectivity index (χ2n) is 7.31. The van der Waals surface area contributed by atoms with Gasteiger partial charge in [-0.2, -0.15) is 0 Å². The topological polar surface area (TPSA) is 100 Å². The summed E-state index contributed by atoms with van der Waals surface area (Å²) in [5.41, 5.74) is 11.0. The van der Waals surface area contributed by atoms with Gasteiger partial charge in [0.15, 0.2) is 5.13 Å². The van der Waals surface area contributed by atoms with Crippen LogP contribution in [0.1, 0.15) is 16.7 Å². The molecular weight excluding hydrogens is 432 g/mol. The van der Waals surface area contributed by atoms with Gasteiger partial charge in [0.2, 0.25) is 5.91 Å². The number of carbonyl (C=O) groups is 1. The minimum Gasteiger partial charge on any atom is -0.506 e. The van der Waals surface area contributed by atoms with E-state index in [0.717, 1.165) is 33.6 Å². The first-order valence-electron chi connectivity index (χ1n) is 10.2. The van der Waals surface area contributed by atoms with Gasteiger partial charge in [0, 0.05) is 16.9 Å². The lowest BCUT2D eigenvalue weighted by atomic mass is 10.0. The standard InChI is InChI=1S/C26H22N4O2S/c1-2-24(32)29-21-11-7-18(8-12-21)14-17-5-9-20(10-6-17)28-13-3-4-19-15-22(31)25-23(16-19)33-26(27)30-25/h2,5-12,15-16,28,31H,1,13-14H2,(H2,27,30)(H,29,32).